The summed E-state index contributed by atoms with van der Waals surface area (Å²) >= 11 is 0. The van der Waals surface area contributed by atoms with E-state index < -0.39 is 29.6 Å². The molecule has 0 aliphatic heterocycles. The van der Waals surface area contributed by atoms with E-state index in [1.165, 1.54) is 13.0 Å². The fourth-order valence-corrected chi connectivity index (χ4v) is 2.28. The van der Waals surface area contributed by atoms with E-state index in [4.69, 9.17) is 4.74 Å². The van der Waals surface area contributed by atoms with Crippen molar-refractivity contribution in [2.75, 3.05) is 5.32 Å². The van der Waals surface area contributed by atoms with Crippen molar-refractivity contribution in [1.82, 2.24) is 4.98 Å². The lowest BCUT2D eigenvalue weighted by Crippen LogP contribution is -2.30. The first kappa shape index (κ1) is 16.6. The van der Waals surface area contributed by atoms with Crippen LogP contribution in [0.5, 0.6) is 0 Å². The van der Waals surface area contributed by atoms with E-state index in [-0.39, 0.29) is 11.4 Å². The maximum absolute atomic E-state index is 13.1. The van der Waals surface area contributed by atoms with Crippen molar-refractivity contribution in [2.45, 2.75) is 13.0 Å². The Kier molecular flexibility index (Phi) is 4.47. The summed E-state index contributed by atoms with van der Waals surface area (Å²) in [6.45, 7) is 1.38. The Morgan fingerprint density at radius 1 is 1.08 bits per heavy atom. The highest BCUT2D eigenvalue weighted by atomic mass is 19.2. The van der Waals surface area contributed by atoms with Crippen LogP contribution in [0.3, 0.4) is 0 Å². The van der Waals surface area contributed by atoms with Crippen LogP contribution in [0.25, 0.3) is 10.9 Å². The lowest BCUT2D eigenvalue weighted by atomic mass is 10.2. The molecule has 0 saturated carbocycles. The smallest absolute Gasteiger partial charge is 0.355 e. The molecule has 0 unspecified atom stereocenters. The van der Waals surface area contributed by atoms with Crippen LogP contribution in [0, 0.1) is 11.6 Å². The van der Waals surface area contributed by atoms with Gasteiger partial charge in [-0.25, -0.2) is 13.6 Å². The van der Waals surface area contributed by atoms with Gasteiger partial charge < -0.3 is 15.0 Å². The summed E-state index contributed by atoms with van der Waals surface area (Å²) in [6, 6.07) is 11.9. The molecule has 0 bridgehead atoms. The molecule has 0 spiro atoms. The Labute approximate surface area is 141 Å². The number of halogens is 2. The number of carbonyl (C=O) groups excluding carboxylic acids is 2. The van der Waals surface area contributed by atoms with E-state index in [0.717, 1.165) is 23.0 Å². The van der Waals surface area contributed by atoms with E-state index in [9.17, 15) is 18.4 Å². The molecule has 0 fully saturated rings. The molecular weight excluding hydrogens is 330 g/mol. The predicted molar refractivity (Wildman–Crippen MR) is 88.2 cm³/mol. The molecule has 0 radical (unpaired) electrons. The van der Waals surface area contributed by atoms with Gasteiger partial charge in [0.15, 0.2) is 17.7 Å². The molecule has 7 heteroatoms. The normalized spacial score (nSPS) is 12.0. The number of nitrogens with one attached hydrogen (secondary N) is 2. The predicted octanol–water partition coefficient (Wildman–Crippen LogP) is 3.63. The number of benzene rings is 2. The molecule has 0 aliphatic rings. The van der Waals surface area contributed by atoms with Gasteiger partial charge in [0.05, 0.1) is 0 Å². The highest BCUT2D eigenvalue weighted by Gasteiger charge is 2.20. The number of anilines is 1. The summed E-state index contributed by atoms with van der Waals surface area (Å²) < 4.78 is 31.1. The number of hydrogen-bond donors (Lipinski definition) is 2. The summed E-state index contributed by atoms with van der Waals surface area (Å²) in [7, 11) is 0. The molecule has 1 amide bonds. The van der Waals surface area contributed by atoms with Crippen LogP contribution in [-0.2, 0) is 9.53 Å². The minimum atomic E-state index is -1.12. The topological polar surface area (TPSA) is 71.2 Å². The van der Waals surface area contributed by atoms with Crippen LogP contribution in [-0.4, -0.2) is 23.0 Å². The first-order chi connectivity index (χ1) is 11.9. The molecule has 0 aliphatic carbocycles. The third-order valence-corrected chi connectivity index (χ3v) is 3.59. The van der Waals surface area contributed by atoms with Gasteiger partial charge in [0, 0.05) is 22.7 Å². The van der Waals surface area contributed by atoms with E-state index in [2.05, 4.69) is 10.3 Å². The number of amides is 1. The Hall–Kier alpha value is -3.22. The molecule has 2 aromatic carbocycles. The quantitative estimate of drug-likeness (QED) is 0.710. The van der Waals surface area contributed by atoms with Crippen LogP contribution in [0.1, 0.15) is 17.4 Å². The van der Waals surface area contributed by atoms with E-state index in [0.29, 0.717) is 0 Å². The minimum absolute atomic E-state index is 0.0670. The zero-order valence-electron chi connectivity index (χ0n) is 13.2. The summed E-state index contributed by atoms with van der Waals surface area (Å²) in [5.74, 6) is -3.45. The number of H-pyrrole nitrogens is 1. The summed E-state index contributed by atoms with van der Waals surface area (Å²) in [4.78, 5) is 27.1. The van der Waals surface area contributed by atoms with Crippen molar-refractivity contribution in [3.8, 4) is 0 Å². The molecular formula is C18H14F2N2O3. The standard InChI is InChI=1S/C18H14F2N2O3/c1-10(17(23)21-12-6-7-13(19)14(20)9-12)25-18(24)16-8-11-4-2-3-5-15(11)22-16/h2-10,22H,1H3,(H,21,23)/t10-/m0/s1. The second-order valence-electron chi connectivity index (χ2n) is 5.44. The maximum Gasteiger partial charge on any atom is 0.355 e. The zero-order chi connectivity index (χ0) is 18.0. The van der Waals surface area contributed by atoms with Crippen molar-refractivity contribution in [2.24, 2.45) is 0 Å². The number of aromatic amines is 1. The average molecular weight is 344 g/mol. The third-order valence-electron chi connectivity index (χ3n) is 3.59. The van der Waals surface area contributed by atoms with E-state index in [1.807, 2.05) is 24.3 Å². The van der Waals surface area contributed by atoms with Gasteiger partial charge in [-0.15, -0.1) is 0 Å². The average Bonchev–Trinajstić information content (AvgIpc) is 3.02. The van der Waals surface area contributed by atoms with Crippen LogP contribution in [0.4, 0.5) is 14.5 Å². The molecule has 1 aromatic heterocycles. The number of hydrogen-bond acceptors (Lipinski definition) is 3. The van der Waals surface area contributed by atoms with Gasteiger partial charge >= 0.3 is 5.97 Å². The Bertz CT molecular complexity index is 919. The molecule has 3 aromatic rings. The highest BCUT2D eigenvalue weighted by molar-refractivity contribution is 5.98. The molecule has 1 heterocycles. The van der Waals surface area contributed by atoms with Crippen molar-refractivity contribution >= 4 is 28.5 Å². The second-order valence-corrected chi connectivity index (χ2v) is 5.44. The number of rotatable bonds is 4. The first-order valence-corrected chi connectivity index (χ1v) is 7.48. The van der Waals surface area contributed by atoms with Crippen molar-refractivity contribution in [1.29, 1.82) is 0 Å². The van der Waals surface area contributed by atoms with Crippen LogP contribution >= 0.6 is 0 Å². The molecule has 25 heavy (non-hydrogen) atoms. The third kappa shape index (κ3) is 3.65. The number of ether oxygens (including phenoxy) is 1. The van der Waals surface area contributed by atoms with Gasteiger partial charge in [0.2, 0.25) is 0 Å². The van der Waals surface area contributed by atoms with Gasteiger partial charge in [0.25, 0.3) is 5.91 Å². The number of carbonyl (C=O) groups is 2. The van der Waals surface area contributed by atoms with Gasteiger partial charge in [-0.1, -0.05) is 18.2 Å². The Balaban J connectivity index is 1.65. The number of esters is 1. The monoisotopic (exact) mass is 344 g/mol. The summed E-state index contributed by atoms with van der Waals surface area (Å²) in [5.41, 5.74) is 1.06. The van der Waals surface area contributed by atoms with Gasteiger partial charge in [-0.2, -0.15) is 0 Å². The van der Waals surface area contributed by atoms with Crippen LogP contribution in [0.15, 0.2) is 48.5 Å². The first-order valence-electron chi connectivity index (χ1n) is 7.48. The summed E-state index contributed by atoms with van der Waals surface area (Å²) in [5, 5.41) is 3.20. The lowest BCUT2D eigenvalue weighted by molar-refractivity contribution is -0.123. The SMILES string of the molecule is C[C@H](OC(=O)c1cc2ccccc2[nH]1)C(=O)Nc1ccc(F)c(F)c1. The fraction of sp³-hybridized carbons (Fsp3) is 0.111. The minimum Gasteiger partial charge on any atom is -0.448 e. The second kappa shape index (κ2) is 6.72. The number of aromatic nitrogens is 1. The van der Waals surface area contributed by atoms with Crippen LogP contribution < -0.4 is 5.32 Å². The molecule has 2 N–H and O–H groups in total. The largest absolute Gasteiger partial charge is 0.448 e. The summed E-state index contributed by atoms with van der Waals surface area (Å²) in [6.07, 6.45) is -1.12. The fourth-order valence-electron chi connectivity index (χ4n) is 2.28. The van der Waals surface area contributed by atoms with Crippen LogP contribution in [0.2, 0.25) is 0 Å². The lowest BCUT2D eigenvalue weighted by Gasteiger charge is -2.13. The van der Waals surface area contributed by atoms with E-state index in [1.54, 1.807) is 6.07 Å². The maximum atomic E-state index is 13.1. The highest BCUT2D eigenvalue weighted by Crippen LogP contribution is 2.17. The van der Waals surface area contributed by atoms with Gasteiger partial charge in [-0.3, -0.25) is 4.79 Å². The molecule has 128 valence electrons. The molecule has 0 saturated heterocycles. The van der Waals surface area contributed by atoms with Crippen molar-refractivity contribution in [3.05, 3.63) is 65.9 Å². The molecule has 5 nitrogen and oxygen atoms in total. The van der Waals surface area contributed by atoms with Gasteiger partial charge in [-0.05, 0) is 31.2 Å². The molecule has 3 rings (SSSR count). The van der Waals surface area contributed by atoms with Gasteiger partial charge in [0.1, 0.15) is 5.69 Å². The number of para-hydroxylation sites is 1. The van der Waals surface area contributed by atoms with Crippen molar-refractivity contribution < 1.29 is 23.1 Å². The Morgan fingerprint density at radius 3 is 2.56 bits per heavy atom. The number of fused-ring (bicyclic) bond motifs is 1. The molecule has 1 atom stereocenters. The van der Waals surface area contributed by atoms with Crippen molar-refractivity contribution in [3.63, 3.8) is 0 Å². The van der Waals surface area contributed by atoms with E-state index >= 15 is 0 Å². The Morgan fingerprint density at radius 2 is 1.84 bits per heavy atom. The zero-order valence-corrected chi connectivity index (χ0v) is 13.2.